The van der Waals surface area contributed by atoms with Gasteiger partial charge in [0.05, 0.1) is 0 Å². The van der Waals surface area contributed by atoms with Gasteiger partial charge in [-0.05, 0) is 26.7 Å². The van der Waals surface area contributed by atoms with Crippen molar-refractivity contribution in [3.63, 3.8) is 0 Å². The Balaban J connectivity index is 1.54. The molecule has 0 N–H and O–H groups in total. The van der Waals surface area contributed by atoms with Gasteiger partial charge in [0.25, 0.3) is 5.91 Å². The predicted molar refractivity (Wildman–Crippen MR) is 95.8 cm³/mol. The molecule has 0 radical (unpaired) electrons. The topological polar surface area (TPSA) is 56.6 Å². The second-order valence-corrected chi connectivity index (χ2v) is 7.71. The predicted octanol–water partition coefficient (Wildman–Crippen LogP) is 3.32. The molecule has 2 aromatic rings. The molecule has 7 heteroatoms. The van der Waals surface area contributed by atoms with Crippen LogP contribution in [-0.4, -0.2) is 46.7 Å². The zero-order valence-corrected chi connectivity index (χ0v) is 15.4. The Morgan fingerprint density at radius 1 is 1.36 bits per heavy atom. The number of fused-ring (bicyclic) bond motifs is 1. The highest BCUT2D eigenvalue weighted by Gasteiger charge is 2.32. The Morgan fingerprint density at radius 3 is 3.04 bits per heavy atom. The smallest absolute Gasteiger partial charge is 0.267 e. The van der Waals surface area contributed by atoms with Crippen molar-refractivity contribution < 1.29 is 14.3 Å². The third-order valence-corrected chi connectivity index (χ3v) is 5.75. The third-order valence-electron chi connectivity index (χ3n) is 4.82. The zero-order valence-electron chi connectivity index (χ0n) is 14.6. The van der Waals surface area contributed by atoms with E-state index < -0.39 is 0 Å². The van der Waals surface area contributed by atoms with Crippen molar-refractivity contribution in [1.82, 2.24) is 14.5 Å². The largest absolute Gasteiger partial charge is 0.485 e. The van der Waals surface area contributed by atoms with Crippen LogP contribution in [0.5, 0.6) is 11.5 Å². The number of carbonyl (C=O) groups is 1. The molecule has 0 spiro atoms. The average molecular weight is 361 g/mol. The quantitative estimate of drug-likeness (QED) is 0.842. The number of thiophene rings is 1. The maximum atomic E-state index is 13.0. The van der Waals surface area contributed by atoms with E-state index in [1.807, 2.05) is 22.7 Å². The van der Waals surface area contributed by atoms with Crippen LogP contribution in [0.2, 0.25) is 0 Å². The minimum Gasteiger partial charge on any atom is -0.485 e. The lowest BCUT2D eigenvalue weighted by atomic mass is 9.96. The van der Waals surface area contributed by atoms with Crippen molar-refractivity contribution in [3.8, 4) is 11.5 Å². The maximum absolute atomic E-state index is 13.0. The van der Waals surface area contributed by atoms with Gasteiger partial charge in [-0.3, -0.25) is 4.79 Å². The molecule has 6 nitrogen and oxygen atoms in total. The van der Waals surface area contributed by atoms with Crippen LogP contribution in [0.1, 0.15) is 54.1 Å². The number of hydrogen-bond acceptors (Lipinski definition) is 5. The maximum Gasteiger partial charge on any atom is 0.267 e. The van der Waals surface area contributed by atoms with Gasteiger partial charge in [0.1, 0.15) is 23.9 Å². The SMILES string of the molecule is CC(C)n1ccnc1C1CCCN(C(=O)c2scc3c2OCCO3)C1. The van der Waals surface area contributed by atoms with E-state index in [9.17, 15) is 4.79 Å². The number of hydrogen-bond donors (Lipinski definition) is 0. The molecule has 1 amide bonds. The van der Waals surface area contributed by atoms with E-state index in [-0.39, 0.29) is 11.8 Å². The number of imidazole rings is 1. The second kappa shape index (κ2) is 6.71. The van der Waals surface area contributed by atoms with Crippen LogP contribution in [0.3, 0.4) is 0 Å². The van der Waals surface area contributed by atoms with Gasteiger partial charge in [-0.15, -0.1) is 11.3 Å². The van der Waals surface area contributed by atoms with Crippen molar-refractivity contribution in [3.05, 3.63) is 28.5 Å². The number of ether oxygens (including phenoxy) is 2. The normalized spacial score (nSPS) is 20.1. The Hall–Kier alpha value is -2.02. The van der Waals surface area contributed by atoms with Gasteiger partial charge in [-0.1, -0.05) is 0 Å². The summed E-state index contributed by atoms with van der Waals surface area (Å²) in [5.41, 5.74) is 0. The number of amides is 1. The van der Waals surface area contributed by atoms with E-state index >= 15 is 0 Å². The van der Waals surface area contributed by atoms with Gasteiger partial charge in [0.15, 0.2) is 11.5 Å². The highest BCUT2D eigenvalue weighted by molar-refractivity contribution is 7.12. The lowest BCUT2D eigenvalue weighted by Gasteiger charge is -2.33. The molecular weight excluding hydrogens is 338 g/mol. The van der Waals surface area contributed by atoms with Gasteiger partial charge < -0.3 is 18.9 Å². The van der Waals surface area contributed by atoms with E-state index in [1.165, 1.54) is 11.3 Å². The number of piperidine rings is 1. The summed E-state index contributed by atoms with van der Waals surface area (Å²) in [6.45, 7) is 6.85. The number of aromatic nitrogens is 2. The van der Waals surface area contributed by atoms with Crippen LogP contribution in [0, 0.1) is 0 Å². The summed E-state index contributed by atoms with van der Waals surface area (Å²) < 4.78 is 13.5. The first-order valence-electron chi connectivity index (χ1n) is 8.84. The number of nitrogens with zero attached hydrogens (tertiary/aromatic N) is 3. The third kappa shape index (κ3) is 3.01. The summed E-state index contributed by atoms with van der Waals surface area (Å²) in [6.07, 6.45) is 5.94. The molecule has 0 aliphatic carbocycles. The Morgan fingerprint density at radius 2 is 2.20 bits per heavy atom. The highest BCUT2D eigenvalue weighted by atomic mass is 32.1. The van der Waals surface area contributed by atoms with Gasteiger partial charge >= 0.3 is 0 Å². The Bertz CT molecular complexity index is 767. The monoisotopic (exact) mass is 361 g/mol. The van der Waals surface area contributed by atoms with Crippen molar-refractivity contribution in [1.29, 1.82) is 0 Å². The van der Waals surface area contributed by atoms with Gasteiger partial charge in [-0.25, -0.2) is 4.98 Å². The van der Waals surface area contributed by atoms with Crippen molar-refractivity contribution in [2.45, 2.75) is 38.6 Å². The molecule has 1 fully saturated rings. The Labute approximate surface area is 151 Å². The molecule has 1 atom stereocenters. The van der Waals surface area contributed by atoms with Gasteiger partial charge in [0, 0.05) is 42.8 Å². The number of carbonyl (C=O) groups excluding carboxylic acids is 1. The molecule has 134 valence electrons. The van der Waals surface area contributed by atoms with Crippen LogP contribution in [-0.2, 0) is 0 Å². The first-order valence-corrected chi connectivity index (χ1v) is 9.72. The first-order chi connectivity index (χ1) is 12.1. The van der Waals surface area contributed by atoms with E-state index in [0.717, 1.165) is 25.2 Å². The van der Waals surface area contributed by atoms with Crippen LogP contribution in [0.4, 0.5) is 0 Å². The molecular formula is C18H23N3O3S. The highest BCUT2D eigenvalue weighted by Crippen LogP contribution is 2.40. The minimum absolute atomic E-state index is 0.0455. The molecule has 0 aromatic carbocycles. The second-order valence-electron chi connectivity index (χ2n) is 6.83. The lowest BCUT2D eigenvalue weighted by Crippen LogP contribution is -2.39. The summed E-state index contributed by atoms with van der Waals surface area (Å²) >= 11 is 1.41. The van der Waals surface area contributed by atoms with E-state index in [0.29, 0.717) is 42.2 Å². The molecule has 0 bridgehead atoms. The molecule has 4 rings (SSSR count). The summed E-state index contributed by atoms with van der Waals surface area (Å²) in [5.74, 6) is 2.73. The molecule has 2 aromatic heterocycles. The van der Waals surface area contributed by atoms with E-state index in [2.05, 4.69) is 23.4 Å². The number of likely N-dealkylation sites (tertiary alicyclic amines) is 1. The van der Waals surface area contributed by atoms with Crippen LogP contribution in [0.15, 0.2) is 17.8 Å². The minimum atomic E-state index is 0.0455. The van der Waals surface area contributed by atoms with Crippen molar-refractivity contribution in [2.75, 3.05) is 26.3 Å². The van der Waals surface area contributed by atoms with E-state index in [1.54, 1.807) is 0 Å². The first kappa shape index (κ1) is 16.4. The Kier molecular flexibility index (Phi) is 4.41. The van der Waals surface area contributed by atoms with Crippen LogP contribution in [0.25, 0.3) is 0 Å². The molecule has 2 aliphatic heterocycles. The van der Waals surface area contributed by atoms with Crippen molar-refractivity contribution in [2.24, 2.45) is 0 Å². The molecule has 1 unspecified atom stereocenters. The summed E-state index contributed by atoms with van der Waals surface area (Å²) in [7, 11) is 0. The van der Waals surface area contributed by atoms with Crippen LogP contribution >= 0.6 is 11.3 Å². The molecule has 25 heavy (non-hydrogen) atoms. The fourth-order valence-corrected chi connectivity index (χ4v) is 4.50. The van der Waals surface area contributed by atoms with Crippen LogP contribution < -0.4 is 9.47 Å². The summed E-state index contributed by atoms with van der Waals surface area (Å²) in [6, 6.07) is 0.374. The van der Waals surface area contributed by atoms with E-state index in [4.69, 9.17) is 9.47 Å². The fraction of sp³-hybridized carbons (Fsp3) is 0.556. The summed E-state index contributed by atoms with van der Waals surface area (Å²) in [4.78, 5) is 20.2. The summed E-state index contributed by atoms with van der Waals surface area (Å²) in [5, 5.41) is 1.87. The lowest BCUT2D eigenvalue weighted by molar-refractivity contribution is 0.0699. The molecule has 1 saturated heterocycles. The number of rotatable bonds is 3. The van der Waals surface area contributed by atoms with Gasteiger partial charge in [-0.2, -0.15) is 0 Å². The molecule has 2 aliphatic rings. The average Bonchev–Trinajstić information content (AvgIpc) is 3.28. The van der Waals surface area contributed by atoms with Gasteiger partial charge in [0.2, 0.25) is 0 Å². The standard InChI is InChI=1S/C18H23N3O3S/c1-12(2)21-7-5-19-17(21)13-4-3-6-20(10-13)18(22)16-15-14(11-25-16)23-8-9-24-15/h5,7,11-13H,3-4,6,8-10H2,1-2H3. The molecule has 4 heterocycles. The van der Waals surface area contributed by atoms with Crippen molar-refractivity contribution >= 4 is 17.2 Å². The fourth-order valence-electron chi connectivity index (χ4n) is 3.60. The zero-order chi connectivity index (χ0) is 17.4. The molecule has 0 saturated carbocycles.